The van der Waals surface area contributed by atoms with Crippen LogP contribution >= 0.6 is 22.6 Å². The lowest BCUT2D eigenvalue weighted by molar-refractivity contribution is 0.867. The van der Waals surface area contributed by atoms with Gasteiger partial charge in [0.15, 0.2) is 0 Å². The topological polar surface area (TPSA) is 29.3 Å². The van der Waals surface area contributed by atoms with Crippen molar-refractivity contribution in [2.45, 2.75) is 13.8 Å². The number of nitrogens with zero attached hydrogens (tertiary/aromatic N) is 1. The molecule has 1 aromatic carbocycles. The van der Waals surface area contributed by atoms with Gasteiger partial charge in [-0.15, -0.1) is 0 Å². The zero-order chi connectivity index (χ0) is 9.84. The molecule has 0 saturated heterocycles. The average Bonchev–Trinajstić information content (AvgIpc) is 2.10. The van der Waals surface area contributed by atoms with E-state index in [9.17, 15) is 0 Å². The van der Waals surface area contributed by atoms with Crippen LogP contribution < -0.4 is 10.6 Å². The van der Waals surface area contributed by atoms with E-state index >= 15 is 0 Å². The third-order valence-corrected chi connectivity index (χ3v) is 2.76. The Morgan fingerprint density at radius 3 is 2.38 bits per heavy atom. The van der Waals surface area contributed by atoms with Gasteiger partial charge in [-0.3, -0.25) is 0 Å². The predicted octanol–water partition coefficient (Wildman–Crippen LogP) is 2.72. The Labute approximate surface area is 93.3 Å². The van der Waals surface area contributed by atoms with Gasteiger partial charge in [0, 0.05) is 16.7 Å². The Bertz CT molecular complexity index is 282. The van der Waals surface area contributed by atoms with Crippen molar-refractivity contribution in [1.82, 2.24) is 0 Å². The number of hydrogen-bond acceptors (Lipinski definition) is 2. The number of hydrogen-bond donors (Lipinski definition) is 1. The molecule has 0 aliphatic heterocycles. The maximum absolute atomic E-state index is 5.93. The van der Waals surface area contributed by atoms with E-state index in [4.69, 9.17) is 5.73 Å². The number of nitrogen functional groups attached to an aromatic ring is 1. The van der Waals surface area contributed by atoms with Crippen molar-refractivity contribution in [3.05, 3.63) is 21.8 Å². The first-order valence-corrected chi connectivity index (χ1v) is 5.56. The molecule has 0 aliphatic carbocycles. The van der Waals surface area contributed by atoms with Crippen molar-refractivity contribution >= 4 is 34.0 Å². The average molecular weight is 290 g/mol. The molecule has 13 heavy (non-hydrogen) atoms. The molecule has 1 aromatic rings. The van der Waals surface area contributed by atoms with E-state index in [0.29, 0.717) is 0 Å². The zero-order valence-electron chi connectivity index (χ0n) is 8.05. The van der Waals surface area contributed by atoms with Crippen LogP contribution in [0.15, 0.2) is 18.2 Å². The van der Waals surface area contributed by atoms with Gasteiger partial charge in [-0.1, -0.05) is 0 Å². The summed E-state index contributed by atoms with van der Waals surface area (Å²) in [4.78, 5) is 2.26. The van der Waals surface area contributed by atoms with Crippen LogP contribution in [0.4, 0.5) is 11.4 Å². The van der Waals surface area contributed by atoms with Gasteiger partial charge >= 0.3 is 0 Å². The van der Waals surface area contributed by atoms with Crippen LogP contribution in [0.25, 0.3) is 0 Å². The Morgan fingerprint density at radius 2 is 1.92 bits per heavy atom. The summed E-state index contributed by atoms with van der Waals surface area (Å²) >= 11 is 2.27. The highest BCUT2D eigenvalue weighted by molar-refractivity contribution is 14.1. The maximum atomic E-state index is 5.93. The molecule has 0 radical (unpaired) electrons. The Hall–Kier alpha value is -0.450. The minimum atomic E-state index is 0.871. The summed E-state index contributed by atoms with van der Waals surface area (Å²) in [6, 6.07) is 6.18. The molecule has 0 aliphatic rings. The van der Waals surface area contributed by atoms with Gasteiger partial charge < -0.3 is 10.6 Å². The molecule has 0 aromatic heterocycles. The normalized spacial score (nSPS) is 10.1. The first-order chi connectivity index (χ1) is 6.19. The highest BCUT2D eigenvalue weighted by Crippen LogP contribution is 2.24. The van der Waals surface area contributed by atoms with Gasteiger partial charge in [0.05, 0.1) is 11.4 Å². The summed E-state index contributed by atoms with van der Waals surface area (Å²) in [6.07, 6.45) is 0. The minimum absolute atomic E-state index is 0.871. The summed E-state index contributed by atoms with van der Waals surface area (Å²) in [5.41, 5.74) is 7.94. The summed E-state index contributed by atoms with van der Waals surface area (Å²) in [5.74, 6) is 0. The number of halogens is 1. The lowest BCUT2D eigenvalue weighted by Crippen LogP contribution is -2.22. The molecule has 0 fully saturated rings. The van der Waals surface area contributed by atoms with Gasteiger partial charge in [0.1, 0.15) is 0 Å². The number of rotatable bonds is 3. The van der Waals surface area contributed by atoms with E-state index < -0.39 is 0 Å². The first-order valence-electron chi connectivity index (χ1n) is 4.49. The van der Waals surface area contributed by atoms with E-state index in [-0.39, 0.29) is 0 Å². The Kier molecular flexibility index (Phi) is 3.84. The SMILES string of the molecule is CCN(CC)c1ccc(I)cc1N. The molecule has 3 heteroatoms. The Morgan fingerprint density at radius 1 is 1.31 bits per heavy atom. The fourth-order valence-corrected chi connectivity index (χ4v) is 1.89. The molecular formula is C10H15IN2. The second kappa shape index (κ2) is 4.69. The number of benzene rings is 1. The molecule has 0 spiro atoms. The van der Waals surface area contributed by atoms with Crippen LogP contribution in [0.2, 0.25) is 0 Å². The first kappa shape index (κ1) is 10.6. The maximum Gasteiger partial charge on any atom is 0.0600 e. The minimum Gasteiger partial charge on any atom is -0.397 e. The lowest BCUT2D eigenvalue weighted by Gasteiger charge is -2.22. The van der Waals surface area contributed by atoms with E-state index in [1.54, 1.807) is 0 Å². The molecule has 0 heterocycles. The van der Waals surface area contributed by atoms with Crippen molar-refractivity contribution in [3.63, 3.8) is 0 Å². The molecule has 0 bridgehead atoms. The smallest absolute Gasteiger partial charge is 0.0600 e. The van der Waals surface area contributed by atoms with Crippen LogP contribution in [0.5, 0.6) is 0 Å². The molecule has 1 rings (SSSR count). The highest BCUT2D eigenvalue weighted by atomic mass is 127. The fourth-order valence-electron chi connectivity index (χ4n) is 1.38. The summed E-state index contributed by atoms with van der Waals surface area (Å²) in [6.45, 7) is 6.28. The monoisotopic (exact) mass is 290 g/mol. The van der Waals surface area contributed by atoms with Crippen molar-refractivity contribution in [2.75, 3.05) is 23.7 Å². The van der Waals surface area contributed by atoms with Gasteiger partial charge in [-0.2, -0.15) is 0 Å². The van der Waals surface area contributed by atoms with Crippen LogP contribution in [0.1, 0.15) is 13.8 Å². The molecule has 2 N–H and O–H groups in total. The summed E-state index contributed by atoms with van der Waals surface area (Å²) in [7, 11) is 0. The second-order valence-corrected chi connectivity index (χ2v) is 4.12. The lowest BCUT2D eigenvalue weighted by atomic mass is 10.2. The Balaban J connectivity index is 2.99. The van der Waals surface area contributed by atoms with Crippen LogP contribution in [-0.2, 0) is 0 Å². The molecule has 2 nitrogen and oxygen atoms in total. The van der Waals surface area contributed by atoms with E-state index in [1.807, 2.05) is 6.07 Å². The highest BCUT2D eigenvalue weighted by Gasteiger charge is 2.05. The van der Waals surface area contributed by atoms with Crippen molar-refractivity contribution in [2.24, 2.45) is 0 Å². The van der Waals surface area contributed by atoms with Crippen LogP contribution in [0, 0.1) is 3.57 Å². The molecule has 0 amide bonds. The quantitative estimate of drug-likeness (QED) is 0.685. The third-order valence-electron chi connectivity index (χ3n) is 2.09. The van der Waals surface area contributed by atoms with Gasteiger partial charge in [-0.05, 0) is 54.6 Å². The van der Waals surface area contributed by atoms with Crippen molar-refractivity contribution in [1.29, 1.82) is 0 Å². The van der Waals surface area contributed by atoms with E-state index in [0.717, 1.165) is 24.5 Å². The summed E-state index contributed by atoms with van der Waals surface area (Å²) in [5, 5.41) is 0. The van der Waals surface area contributed by atoms with Gasteiger partial charge in [0.2, 0.25) is 0 Å². The van der Waals surface area contributed by atoms with E-state index in [1.165, 1.54) is 3.57 Å². The summed E-state index contributed by atoms with van der Waals surface area (Å²) < 4.78 is 1.19. The number of nitrogens with two attached hydrogens (primary N) is 1. The predicted molar refractivity (Wildman–Crippen MR) is 67.1 cm³/mol. The zero-order valence-corrected chi connectivity index (χ0v) is 10.2. The third kappa shape index (κ3) is 2.49. The van der Waals surface area contributed by atoms with Crippen molar-refractivity contribution < 1.29 is 0 Å². The van der Waals surface area contributed by atoms with Crippen LogP contribution in [-0.4, -0.2) is 13.1 Å². The fraction of sp³-hybridized carbons (Fsp3) is 0.400. The molecule has 72 valence electrons. The molecule has 0 unspecified atom stereocenters. The van der Waals surface area contributed by atoms with E-state index in [2.05, 4.69) is 53.5 Å². The second-order valence-electron chi connectivity index (χ2n) is 2.88. The molecule has 0 saturated carbocycles. The van der Waals surface area contributed by atoms with Crippen LogP contribution in [0.3, 0.4) is 0 Å². The number of anilines is 2. The standard InChI is InChI=1S/C10H15IN2/c1-3-13(4-2)10-6-5-8(11)7-9(10)12/h5-7H,3-4,12H2,1-2H3. The molecular weight excluding hydrogens is 275 g/mol. The largest absolute Gasteiger partial charge is 0.397 e. The molecule has 0 atom stereocenters. The van der Waals surface area contributed by atoms with Crippen molar-refractivity contribution in [3.8, 4) is 0 Å². The van der Waals surface area contributed by atoms with Gasteiger partial charge in [-0.25, -0.2) is 0 Å². The van der Waals surface area contributed by atoms with Gasteiger partial charge in [0.25, 0.3) is 0 Å².